The molecule has 0 aromatic rings. The highest BCUT2D eigenvalue weighted by atomic mass is 16.5. The topological polar surface area (TPSA) is 105 Å². The van der Waals surface area contributed by atoms with Gasteiger partial charge >= 0.3 is 5.97 Å². The minimum Gasteiger partial charge on any atom is -0.469 e. The molecule has 128 valence electrons. The van der Waals surface area contributed by atoms with E-state index in [-0.39, 0.29) is 36.6 Å². The number of amides is 3. The number of likely N-dealkylation sites (tertiary alicyclic amines) is 1. The van der Waals surface area contributed by atoms with Crippen molar-refractivity contribution < 1.29 is 23.9 Å². The molecule has 8 nitrogen and oxygen atoms in total. The molecule has 0 spiro atoms. The van der Waals surface area contributed by atoms with E-state index in [0.29, 0.717) is 38.8 Å². The van der Waals surface area contributed by atoms with Crippen LogP contribution in [0.5, 0.6) is 0 Å². The van der Waals surface area contributed by atoms with Crippen molar-refractivity contribution in [2.24, 2.45) is 0 Å². The molecule has 8 heteroatoms. The van der Waals surface area contributed by atoms with Gasteiger partial charge in [0.15, 0.2) is 0 Å². The zero-order valence-corrected chi connectivity index (χ0v) is 13.3. The Morgan fingerprint density at radius 1 is 1.22 bits per heavy atom. The fourth-order valence-electron chi connectivity index (χ4n) is 2.88. The number of methoxy groups -OCH3 is 1. The fraction of sp³-hybridized carbons (Fsp3) is 0.733. The highest BCUT2D eigenvalue weighted by Crippen LogP contribution is 2.15. The summed E-state index contributed by atoms with van der Waals surface area (Å²) in [7, 11) is 1.29. The fourth-order valence-corrected chi connectivity index (χ4v) is 2.88. The molecule has 2 saturated heterocycles. The highest BCUT2D eigenvalue weighted by Gasteiger charge is 2.32. The maximum Gasteiger partial charge on any atom is 0.306 e. The van der Waals surface area contributed by atoms with Crippen molar-refractivity contribution in [3.8, 4) is 0 Å². The van der Waals surface area contributed by atoms with Crippen molar-refractivity contribution in [1.82, 2.24) is 15.5 Å². The van der Waals surface area contributed by atoms with Crippen LogP contribution < -0.4 is 10.6 Å². The van der Waals surface area contributed by atoms with Gasteiger partial charge in [0, 0.05) is 32.0 Å². The number of carbonyl (C=O) groups excluding carboxylic acids is 4. The number of nitrogens with zero attached hydrogens (tertiary/aromatic N) is 1. The van der Waals surface area contributed by atoms with Crippen molar-refractivity contribution in [1.29, 1.82) is 0 Å². The van der Waals surface area contributed by atoms with Crippen LogP contribution in [0.3, 0.4) is 0 Å². The second-order valence-corrected chi connectivity index (χ2v) is 5.90. The average molecular weight is 325 g/mol. The number of esters is 1. The maximum atomic E-state index is 12.3. The molecule has 3 amide bonds. The first-order chi connectivity index (χ1) is 11.0. The smallest absolute Gasteiger partial charge is 0.306 e. The van der Waals surface area contributed by atoms with Gasteiger partial charge in [-0.1, -0.05) is 0 Å². The van der Waals surface area contributed by atoms with Gasteiger partial charge in [0.1, 0.15) is 6.04 Å². The summed E-state index contributed by atoms with van der Waals surface area (Å²) < 4.78 is 4.49. The zero-order chi connectivity index (χ0) is 16.8. The van der Waals surface area contributed by atoms with Gasteiger partial charge in [-0.05, 0) is 19.3 Å². The third kappa shape index (κ3) is 4.94. The van der Waals surface area contributed by atoms with Gasteiger partial charge in [-0.15, -0.1) is 0 Å². The predicted octanol–water partition coefficient (Wildman–Crippen LogP) is -0.675. The molecule has 2 aliphatic rings. The van der Waals surface area contributed by atoms with Crippen LogP contribution in [-0.4, -0.2) is 60.9 Å². The molecule has 0 saturated carbocycles. The molecular weight excluding hydrogens is 302 g/mol. The van der Waals surface area contributed by atoms with Crippen LogP contribution in [0.15, 0.2) is 0 Å². The predicted molar refractivity (Wildman–Crippen MR) is 80.2 cm³/mol. The maximum absolute atomic E-state index is 12.3. The van der Waals surface area contributed by atoms with E-state index >= 15 is 0 Å². The molecule has 0 aliphatic carbocycles. The van der Waals surface area contributed by atoms with Crippen LogP contribution in [0, 0.1) is 0 Å². The molecule has 2 rings (SSSR count). The molecule has 0 aromatic heterocycles. The van der Waals surface area contributed by atoms with Gasteiger partial charge in [-0.3, -0.25) is 19.2 Å². The van der Waals surface area contributed by atoms with Crippen LogP contribution in [0.2, 0.25) is 0 Å². The van der Waals surface area contributed by atoms with Crippen molar-refractivity contribution in [2.75, 3.05) is 20.2 Å². The molecule has 0 aromatic carbocycles. The quantitative estimate of drug-likeness (QED) is 0.652. The molecular formula is C15H23N3O5. The van der Waals surface area contributed by atoms with Gasteiger partial charge in [0.05, 0.1) is 13.5 Å². The Labute approximate surface area is 134 Å². The molecule has 0 radical (unpaired) electrons. The van der Waals surface area contributed by atoms with Crippen molar-refractivity contribution in [3.63, 3.8) is 0 Å². The van der Waals surface area contributed by atoms with Gasteiger partial charge in [0.25, 0.3) is 0 Å². The zero-order valence-electron chi connectivity index (χ0n) is 13.3. The SMILES string of the molecule is COC(=O)CCC(=O)NC1CCN(C(=O)C2CCC(=O)N2)CC1. The number of carbonyl (C=O) groups is 4. The third-order valence-corrected chi connectivity index (χ3v) is 4.25. The summed E-state index contributed by atoms with van der Waals surface area (Å²) in [5.74, 6) is -0.690. The van der Waals surface area contributed by atoms with Gasteiger partial charge in [-0.25, -0.2) is 0 Å². The number of ether oxygens (including phenoxy) is 1. The Morgan fingerprint density at radius 2 is 1.91 bits per heavy atom. The molecule has 2 N–H and O–H groups in total. The van der Waals surface area contributed by atoms with E-state index in [1.807, 2.05) is 0 Å². The monoisotopic (exact) mass is 325 g/mol. The number of nitrogens with one attached hydrogen (secondary N) is 2. The van der Waals surface area contributed by atoms with Gasteiger partial charge in [-0.2, -0.15) is 0 Å². The Bertz CT molecular complexity index is 486. The number of hydrogen-bond donors (Lipinski definition) is 2. The molecule has 2 fully saturated rings. The normalized spacial score (nSPS) is 21.7. The van der Waals surface area contributed by atoms with Crippen molar-refractivity contribution in [3.05, 3.63) is 0 Å². The van der Waals surface area contributed by atoms with E-state index in [0.717, 1.165) is 0 Å². The van der Waals surface area contributed by atoms with E-state index in [1.54, 1.807) is 4.90 Å². The van der Waals surface area contributed by atoms with E-state index in [4.69, 9.17) is 0 Å². The lowest BCUT2D eigenvalue weighted by Gasteiger charge is -2.33. The van der Waals surface area contributed by atoms with Gasteiger partial charge in [0.2, 0.25) is 17.7 Å². The second-order valence-electron chi connectivity index (χ2n) is 5.90. The van der Waals surface area contributed by atoms with E-state index in [2.05, 4.69) is 15.4 Å². The summed E-state index contributed by atoms with van der Waals surface area (Å²) in [6.45, 7) is 1.13. The Morgan fingerprint density at radius 3 is 2.48 bits per heavy atom. The largest absolute Gasteiger partial charge is 0.469 e. The summed E-state index contributed by atoms with van der Waals surface area (Å²) in [6, 6.07) is -0.379. The minimum absolute atomic E-state index is 0.0161. The van der Waals surface area contributed by atoms with E-state index in [1.165, 1.54) is 7.11 Å². The third-order valence-electron chi connectivity index (χ3n) is 4.25. The molecule has 2 aliphatic heterocycles. The molecule has 23 heavy (non-hydrogen) atoms. The number of hydrogen-bond acceptors (Lipinski definition) is 5. The number of rotatable bonds is 5. The highest BCUT2D eigenvalue weighted by molar-refractivity contribution is 5.90. The lowest BCUT2D eigenvalue weighted by molar-refractivity contribution is -0.142. The summed E-state index contributed by atoms with van der Waals surface area (Å²) in [6.07, 6.45) is 2.50. The summed E-state index contributed by atoms with van der Waals surface area (Å²) >= 11 is 0. The summed E-state index contributed by atoms with van der Waals surface area (Å²) in [5.41, 5.74) is 0. The Hall–Kier alpha value is -2.12. The first-order valence-corrected chi connectivity index (χ1v) is 7.94. The lowest BCUT2D eigenvalue weighted by Crippen LogP contribution is -2.51. The Balaban J connectivity index is 1.69. The molecule has 1 atom stereocenters. The van der Waals surface area contributed by atoms with Crippen LogP contribution in [-0.2, 0) is 23.9 Å². The second kappa shape index (κ2) is 7.94. The van der Waals surface area contributed by atoms with E-state index < -0.39 is 12.0 Å². The Kier molecular flexibility index (Phi) is 5.95. The minimum atomic E-state index is -0.404. The molecule has 1 unspecified atom stereocenters. The van der Waals surface area contributed by atoms with E-state index in [9.17, 15) is 19.2 Å². The summed E-state index contributed by atoms with van der Waals surface area (Å²) in [4.78, 5) is 47.9. The van der Waals surface area contributed by atoms with Crippen LogP contribution in [0.1, 0.15) is 38.5 Å². The first kappa shape index (κ1) is 17.2. The van der Waals surface area contributed by atoms with Crippen molar-refractivity contribution >= 4 is 23.7 Å². The van der Waals surface area contributed by atoms with Crippen molar-refractivity contribution in [2.45, 2.75) is 50.6 Å². The standard InChI is InChI=1S/C15H23N3O5/c1-23-14(21)5-4-12(19)16-10-6-8-18(9-7-10)15(22)11-2-3-13(20)17-11/h10-11H,2-9H2,1H3,(H,16,19)(H,17,20). The van der Waals surface area contributed by atoms with Crippen LogP contribution in [0.25, 0.3) is 0 Å². The molecule has 2 heterocycles. The average Bonchev–Trinajstić information content (AvgIpc) is 2.99. The van der Waals surface area contributed by atoms with Gasteiger partial charge < -0.3 is 20.3 Å². The molecule has 0 bridgehead atoms. The van der Waals surface area contributed by atoms with Crippen LogP contribution >= 0.6 is 0 Å². The lowest BCUT2D eigenvalue weighted by atomic mass is 10.0. The summed E-state index contributed by atoms with van der Waals surface area (Å²) in [5, 5.41) is 5.56. The number of piperidine rings is 1. The first-order valence-electron chi connectivity index (χ1n) is 7.94. The van der Waals surface area contributed by atoms with Crippen LogP contribution in [0.4, 0.5) is 0 Å².